The van der Waals surface area contributed by atoms with Gasteiger partial charge in [0.25, 0.3) is 5.69 Å². The number of allylic oxidation sites excluding steroid dienone is 2. The zero-order valence-corrected chi connectivity index (χ0v) is 96.7. The van der Waals surface area contributed by atoms with Crippen molar-refractivity contribution in [2.75, 3.05) is 45.8 Å². The second-order valence-corrected chi connectivity index (χ2v) is 57.2. The van der Waals surface area contributed by atoms with Crippen LogP contribution in [0, 0.1) is 179 Å². The molecule has 2 saturated heterocycles. The van der Waals surface area contributed by atoms with Crippen LogP contribution in [0.25, 0.3) is 11.1 Å². The number of aryl methyl sites for hydroxylation is 15. The van der Waals surface area contributed by atoms with Crippen LogP contribution in [0.5, 0.6) is 11.5 Å². The smallest absolute Gasteiger partial charge is 0.270 e. The van der Waals surface area contributed by atoms with Crippen LogP contribution in [0.2, 0.25) is 0 Å². The van der Waals surface area contributed by atoms with Crippen LogP contribution in [0.15, 0.2) is 193 Å². The molecule has 10 aromatic carbocycles. The van der Waals surface area contributed by atoms with Crippen LogP contribution in [-0.4, -0.2) is 100 Å². The van der Waals surface area contributed by atoms with E-state index in [1.165, 1.54) is 247 Å². The first kappa shape index (κ1) is 110. The predicted molar refractivity (Wildman–Crippen MR) is 619 cm³/mol. The number of nitro groups is 2. The third-order valence-corrected chi connectivity index (χ3v) is 44.0. The molecule has 8 bridgehead atoms. The number of benzene rings is 10. The minimum atomic E-state index is -1.92. The standard InChI is InChI=1S/C21H27N2.C20H25N2.C18H22N2O3.C18H33P.C17H20N2O3.2C17H14.3ClH.2Ru/c1-14-9-16(3)20(17(4)10-14)22-7-8-23(13-22)21-18(5)11-15(2)12-19(21)6;1-14-6-7-19(16(3)10-14)21-8-9-22(13-21)20-17(4)11-15(2)12-18(20)5;1-19(11-15-7-16(20(22)23)2-3-17(15)21)18-8-12-4-13(9-18)6-14(5-12)10-18;1-4-10-16(11-5-1)19(17-12-6-2-7-13-17)18-14-8-3-9-15-18;20-16-2-1-15(19(21)22)6-14(16)10-18-17-7-11-3-12(8-17)5-13(4-11)9-17;2*1-12-6-3-4-9-15(12)16-11-10-14-8-5-7-13(2)17(14)16;;;;;/h9-13H,7-8H2,1-6H3;6-7,10-13H,8-9H2,1-5H3;2-3,7,11-14,21H,1,4-6,8-10H2;16-18H,1-15H2;1-2,6,10-13,20H,3-5,7-9H2;2*3-9,11H,1-2H3;3*1H;;/q2*-1;;;;;;;;;+1;+2/p-2. The van der Waals surface area contributed by atoms with Crippen molar-refractivity contribution >= 4 is 103 Å². The SMILES string of the molecule is C1CCC([PH+](C2CCCCC2)C2CCCCC2)CC1.C=[N+]([CH-]c1cc([N+](=O)[O-])ccc1O)C12CC3CC(CC(C3)C1)C2.Cc1cc(C)c(N2[CH-]N(c3c(C)cc(C)cc3C)CC2)c(C)c1.Cc1ccc(N2[CH-]N(c3c(C)cc(C)cc3C)CC2)c(C)c1.Cc1ccccc1C1=C[C](=[Ru]([Cl])[Cl])c2cccc(C)c21.Cc1ccccc1C1=C[C](=[Ru][Cl])c2cccc(C)c21.O=[N+]([O-])c1ccc(O)c(C=NC23CC4CC(CC(C4)C2)C3)c1. The molecule has 13 fully saturated rings. The molecule has 0 atom stereocenters. The molecule has 14 nitrogen and oxygen atoms in total. The fraction of sp³-hybridized carbons (Fsp3) is 0.445. The first-order chi connectivity index (χ1) is 71.1. The zero-order valence-electron chi connectivity index (χ0n) is 90.0. The number of non-ortho nitro benzene ring substituents is 2. The molecule has 0 amide bonds. The number of phenolic OH excluding ortho intramolecular Hbond substituents is 2. The Kier molecular flexibility index (Phi) is 36.3. The number of rotatable bonds is 16. The van der Waals surface area contributed by atoms with E-state index in [4.69, 9.17) is 34.1 Å². The molecule has 0 spiro atoms. The van der Waals surface area contributed by atoms with Crippen LogP contribution < -0.4 is 19.6 Å². The van der Waals surface area contributed by atoms with Crippen LogP contribution in [0.4, 0.5) is 34.1 Å². The summed E-state index contributed by atoms with van der Waals surface area (Å²) < 4.78 is 4.44. The van der Waals surface area contributed by atoms with E-state index in [-0.39, 0.29) is 57.6 Å². The van der Waals surface area contributed by atoms with Gasteiger partial charge in [-0.1, -0.05) is 96.1 Å². The van der Waals surface area contributed by atoms with E-state index >= 15 is 0 Å². The molecule has 2 heterocycles. The zero-order chi connectivity index (χ0) is 105. The van der Waals surface area contributed by atoms with Gasteiger partial charge in [0.15, 0.2) is 5.54 Å². The van der Waals surface area contributed by atoms with Gasteiger partial charge in [-0.2, -0.15) is 13.3 Å². The number of phenols is 2. The van der Waals surface area contributed by atoms with Gasteiger partial charge in [0.1, 0.15) is 5.75 Å². The molecule has 15 aliphatic rings. The minimum Gasteiger partial charge on any atom is -0.507 e. The van der Waals surface area contributed by atoms with E-state index in [0.717, 1.165) is 104 Å². The van der Waals surface area contributed by atoms with Crippen molar-refractivity contribution in [3.8, 4) is 11.5 Å². The van der Waals surface area contributed by atoms with Gasteiger partial charge in [0.05, 0.1) is 45.6 Å². The van der Waals surface area contributed by atoms with Gasteiger partial charge in [-0.15, -0.1) is 0 Å². The van der Waals surface area contributed by atoms with Crippen molar-refractivity contribution in [1.29, 1.82) is 0 Å². The van der Waals surface area contributed by atoms with Gasteiger partial charge in [0.2, 0.25) is 5.69 Å². The molecule has 148 heavy (non-hydrogen) atoms. The summed E-state index contributed by atoms with van der Waals surface area (Å²) in [5.74, 6) is 4.95. The van der Waals surface area contributed by atoms with Gasteiger partial charge in [-0.25, -0.2) is 0 Å². The molecule has 2 aliphatic heterocycles. The van der Waals surface area contributed by atoms with Gasteiger partial charge in [0, 0.05) is 112 Å². The molecule has 787 valence electrons. The monoisotopic (exact) mass is 2240 g/mol. The molecule has 25 rings (SSSR count). The number of aromatic hydroxyl groups is 2. The van der Waals surface area contributed by atoms with E-state index in [0.29, 0.717) is 11.1 Å². The average molecular weight is 2240 g/mol. The molecule has 0 aromatic heterocycles. The maximum atomic E-state index is 11.0. The van der Waals surface area contributed by atoms with E-state index < -0.39 is 23.4 Å². The summed E-state index contributed by atoms with van der Waals surface area (Å²) in [5, 5.41) is 41.8. The molecular weight excluding hydrogens is 2080 g/mol. The summed E-state index contributed by atoms with van der Waals surface area (Å²) in [6.45, 7) is 47.5. The Morgan fingerprint density at radius 2 is 0.797 bits per heavy atom. The van der Waals surface area contributed by atoms with Crippen LogP contribution in [-0.2, 0) is 29.2 Å². The number of hydrogen-bond acceptors (Lipinski definition) is 11. The summed E-state index contributed by atoms with van der Waals surface area (Å²) in [6.07, 6.45) is 45.0. The van der Waals surface area contributed by atoms with Crippen molar-refractivity contribution in [2.45, 2.75) is 305 Å². The molecule has 2 N–H and O–H groups in total. The van der Waals surface area contributed by atoms with Crippen molar-refractivity contribution < 1.29 is 53.8 Å². The third-order valence-electron chi connectivity index (χ3n) is 34.4. The number of fused-ring (bicyclic) bond motifs is 2. The first-order valence-electron chi connectivity index (χ1n) is 54.7. The topological polar surface area (TPSA) is 155 Å². The van der Waals surface area contributed by atoms with Crippen LogP contribution >= 0.6 is 37.0 Å². The molecular formula is C128H156Cl3N8O6PRu2-. The fourth-order valence-corrected chi connectivity index (χ4v) is 38.2. The van der Waals surface area contributed by atoms with Gasteiger partial charge in [-0.3, -0.25) is 29.8 Å². The van der Waals surface area contributed by atoms with Crippen LogP contribution in [0.3, 0.4) is 0 Å². The summed E-state index contributed by atoms with van der Waals surface area (Å²) in [5.41, 5.74) is 40.5. The third kappa shape index (κ3) is 25.6. The molecule has 0 radical (unpaired) electrons. The average Bonchev–Trinajstić information content (AvgIpc) is 1.01. The van der Waals surface area contributed by atoms with Crippen LogP contribution in [0.1, 0.15) is 301 Å². The number of anilines is 4. The van der Waals surface area contributed by atoms with Gasteiger partial charge in [-0.05, 0) is 309 Å². The van der Waals surface area contributed by atoms with Crippen molar-refractivity contribution in [1.82, 2.24) is 0 Å². The van der Waals surface area contributed by atoms with E-state index in [1.807, 2.05) is 4.58 Å². The number of halogens is 3. The van der Waals surface area contributed by atoms with Gasteiger partial charge < -0.3 is 29.8 Å². The van der Waals surface area contributed by atoms with E-state index in [2.05, 4.69) is 295 Å². The Hall–Kier alpha value is -9.22. The van der Waals surface area contributed by atoms with Crippen molar-refractivity contribution in [2.24, 2.45) is 40.5 Å². The molecule has 11 saturated carbocycles. The molecule has 13 aliphatic carbocycles. The summed E-state index contributed by atoms with van der Waals surface area (Å²) in [7, 11) is 18.7. The quantitative estimate of drug-likeness (QED) is 0.0182. The Morgan fingerprint density at radius 1 is 0.426 bits per heavy atom. The number of aliphatic imine (C=N–C) groups is 1. The van der Waals surface area contributed by atoms with Gasteiger partial charge >= 0.3 is 258 Å². The minimum absolute atomic E-state index is 0.00652. The largest absolute Gasteiger partial charge is 0.507 e. The number of hydrogen-bond donors (Lipinski definition) is 2. The number of nitrogens with zero attached hydrogens (tertiary/aromatic N) is 8. The Bertz CT molecular complexity index is 6470. The summed E-state index contributed by atoms with van der Waals surface area (Å²) in [6, 6.07) is 58.4. The Morgan fingerprint density at radius 3 is 1.22 bits per heavy atom. The second-order valence-electron chi connectivity index (χ2n) is 45.8. The van der Waals surface area contributed by atoms with Crippen molar-refractivity contribution in [3.05, 3.63) is 356 Å². The maximum Gasteiger partial charge on any atom is 0.270 e. The fourth-order valence-electron chi connectivity index (χ4n) is 29.0. The van der Waals surface area contributed by atoms with E-state index in [9.17, 15) is 30.4 Å². The second kappa shape index (κ2) is 48.8. The first-order valence-corrected chi connectivity index (χ1v) is 64.9. The normalized spacial score (nSPS) is 22.8. The summed E-state index contributed by atoms with van der Waals surface area (Å²) in [4.78, 5) is 35.4. The maximum absolute atomic E-state index is 11.0. The van der Waals surface area contributed by atoms with E-state index in [1.54, 1.807) is 109 Å². The number of nitro benzene ring substituents is 2. The summed E-state index contributed by atoms with van der Waals surface area (Å²) >= 11 is -2.15. The Labute approximate surface area is 908 Å². The predicted octanol–water partition coefficient (Wildman–Crippen LogP) is 32.7. The molecule has 0 unspecified atom stereocenters. The molecule has 10 aromatic rings. The molecule has 20 heteroatoms. The Balaban J connectivity index is 0.000000118. The van der Waals surface area contributed by atoms with Crippen molar-refractivity contribution in [3.63, 3.8) is 0 Å².